The predicted molar refractivity (Wildman–Crippen MR) is 237 cm³/mol. The molecule has 0 fully saturated rings. The van der Waals surface area contributed by atoms with Crippen molar-refractivity contribution in [1.82, 2.24) is 14.1 Å². The van der Waals surface area contributed by atoms with Crippen molar-refractivity contribution in [1.29, 1.82) is 0 Å². The first-order valence-corrected chi connectivity index (χ1v) is 20.9. The van der Waals surface area contributed by atoms with Crippen molar-refractivity contribution in [3.63, 3.8) is 0 Å². The van der Waals surface area contributed by atoms with Gasteiger partial charge in [-0.3, -0.25) is 0 Å². The maximum Gasteiger partial charge on any atom is 0.241 e. The number of fused-ring (bicyclic) bond motifs is 5. The van der Waals surface area contributed by atoms with Crippen molar-refractivity contribution < 1.29 is 34.5 Å². The molecule has 0 bridgehead atoms. The van der Waals surface area contributed by atoms with Crippen LogP contribution in [0.4, 0.5) is 0 Å². The van der Waals surface area contributed by atoms with E-state index < -0.39 is 6.98 Å². The quantitative estimate of drug-likeness (QED) is 0.127. The van der Waals surface area contributed by atoms with Gasteiger partial charge in [-0.05, 0) is 81.2 Å². The van der Waals surface area contributed by atoms with Gasteiger partial charge in [0.1, 0.15) is 5.82 Å². The van der Waals surface area contributed by atoms with Gasteiger partial charge in [-0.15, -0.1) is 29.1 Å². The average molecular weight is 965 g/mol. The molecule has 0 spiro atoms. The molecule has 9 rings (SSSR count). The number of aryl methyl sites for hydroxylation is 1. The Balaban J connectivity index is 0.00000529. The smallest absolute Gasteiger partial charge is 0.241 e. The summed E-state index contributed by atoms with van der Waals surface area (Å²) in [5.41, 5.74) is 9.10. The molecule has 0 saturated carbocycles. The van der Waals surface area contributed by atoms with E-state index in [1.165, 1.54) is 15.7 Å². The molecule has 4 aromatic carbocycles. The van der Waals surface area contributed by atoms with Gasteiger partial charge in [-0.25, -0.2) is 4.98 Å². The number of hydrogen-bond donors (Lipinski definition) is 0. The summed E-state index contributed by atoms with van der Waals surface area (Å²) < 4.78 is 38.7. The molecule has 0 N–H and O–H groups in total. The number of nitrogens with zero attached hydrogens (tertiary/aromatic N) is 4. The van der Waals surface area contributed by atoms with Crippen molar-refractivity contribution in [2.45, 2.75) is 129 Å². The Hall–Kier alpha value is -4.47. The minimum Gasteiger partial charge on any atom is -0.510 e. The van der Waals surface area contributed by atoms with Crippen LogP contribution in [0, 0.1) is 18.5 Å². The minimum atomic E-state index is -2.40. The maximum absolute atomic E-state index is 8.64. The third kappa shape index (κ3) is 6.90. The van der Waals surface area contributed by atoms with Gasteiger partial charge in [-0.1, -0.05) is 142 Å². The van der Waals surface area contributed by atoms with Crippen LogP contribution in [0.1, 0.15) is 134 Å². The Morgan fingerprint density at radius 2 is 1.46 bits per heavy atom. The van der Waals surface area contributed by atoms with Crippen LogP contribution in [0.3, 0.4) is 0 Å². The zero-order chi connectivity index (χ0) is 43.7. The third-order valence-corrected chi connectivity index (χ3v) is 13.4. The van der Waals surface area contributed by atoms with E-state index in [9.17, 15) is 0 Å². The fourth-order valence-electron chi connectivity index (χ4n) is 9.68. The number of aromatic nitrogens is 4. The topological polar surface area (TPSA) is 35.9 Å². The molecular weight excluding hydrogens is 904 g/mol. The molecule has 5 nitrogen and oxygen atoms in total. The van der Waals surface area contributed by atoms with Gasteiger partial charge in [0.15, 0.2) is 0 Å². The van der Waals surface area contributed by atoms with Crippen LogP contribution >= 0.6 is 0 Å². The largest absolute Gasteiger partial charge is 0.510 e. The number of hydrogen-bond acceptors (Lipinski definition) is 2. The molecule has 0 atom stereocenters. The second kappa shape index (κ2) is 14.1. The van der Waals surface area contributed by atoms with E-state index in [0.29, 0.717) is 11.5 Å². The number of ether oxygens (including phenoxy) is 1. The SMILES string of the molecule is [2H]C([2H])([2H])[n+]1[c-]n(-c2[c-]c(Oc3[c-]c4c(cc3)c3cc(-c5ccccc5)ccc3n4-c3cc(C(C)(C)C)ccn3)c3c(c2)C(C)(C)CCC3(C)C)c2c1C(C)(C)CCC2(C)C.[Pt]. The number of rotatable bonds is 5. The molecule has 0 amide bonds. The van der Waals surface area contributed by atoms with Crippen molar-refractivity contribution in [3.8, 4) is 34.1 Å². The summed E-state index contributed by atoms with van der Waals surface area (Å²) in [5.74, 6) is 2.02. The Bertz CT molecular complexity index is 2870. The minimum absolute atomic E-state index is 0. The zero-order valence-corrected chi connectivity index (χ0v) is 38.7. The van der Waals surface area contributed by atoms with Crippen LogP contribution in [0.5, 0.6) is 11.5 Å². The second-order valence-electron chi connectivity index (χ2n) is 20.5. The summed E-state index contributed by atoms with van der Waals surface area (Å²) in [5, 5.41) is 2.16. The molecule has 2 aliphatic carbocycles. The molecule has 6 heteroatoms. The van der Waals surface area contributed by atoms with E-state index in [4.69, 9.17) is 13.8 Å². The van der Waals surface area contributed by atoms with Crippen LogP contribution in [-0.2, 0) is 55.1 Å². The fraction of sp³-hybridized carbons (Fsp3) is 0.396. The summed E-state index contributed by atoms with van der Waals surface area (Å²) in [7, 11) is 0. The first-order chi connectivity index (χ1) is 28.5. The first-order valence-electron chi connectivity index (χ1n) is 22.4. The van der Waals surface area contributed by atoms with E-state index in [1.807, 2.05) is 22.9 Å². The fourth-order valence-corrected chi connectivity index (χ4v) is 9.68. The second-order valence-corrected chi connectivity index (χ2v) is 20.5. The van der Waals surface area contributed by atoms with Gasteiger partial charge < -0.3 is 18.4 Å². The molecule has 308 valence electrons. The van der Waals surface area contributed by atoms with Gasteiger partial charge in [0.2, 0.25) is 6.33 Å². The molecule has 3 aromatic heterocycles. The number of pyridine rings is 1. The Morgan fingerprint density at radius 1 is 0.746 bits per heavy atom. The van der Waals surface area contributed by atoms with E-state index in [0.717, 1.165) is 87.1 Å². The van der Waals surface area contributed by atoms with E-state index in [2.05, 4.69) is 166 Å². The van der Waals surface area contributed by atoms with Crippen molar-refractivity contribution in [2.24, 2.45) is 6.98 Å². The molecule has 59 heavy (non-hydrogen) atoms. The Kier molecular flexibility index (Phi) is 8.94. The molecule has 0 radical (unpaired) electrons. The van der Waals surface area contributed by atoms with Crippen LogP contribution in [0.15, 0.2) is 85.1 Å². The summed E-state index contributed by atoms with van der Waals surface area (Å²) >= 11 is 0. The van der Waals surface area contributed by atoms with Crippen LogP contribution in [0.2, 0.25) is 0 Å². The van der Waals surface area contributed by atoms with Crippen LogP contribution < -0.4 is 9.30 Å². The van der Waals surface area contributed by atoms with Gasteiger partial charge in [0.05, 0.1) is 11.1 Å². The van der Waals surface area contributed by atoms with Crippen LogP contribution in [-0.4, -0.2) is 14.1 Å². The Labute approximate surface area is 370 Å². The zero-order valence-electron chi connectivity index (χ0n) is 39.4. The standard InChI is InChI=1S/C53H58N4O.Pt/c1-49(2,3)36-22-27-54-45(29-36)57-42-21-18-35(34-16-14-13-15-17-34)28-40(42)39-20-19-38(32-43(39)57)58-44-31-37(30-41-46(44)51(6,7)24-23-50(41,4)5)56-33-55(12)47-48(56)53(10,11)26-25-52(47,8)9;/h13-22,27-30H,23-26H2,1-12H3;/q-2;/i12D3;. The van der Waals surface area contributed by atoms with E-state index >= 15 is 0 Å². The summed E-state index contributed by atoms with van der Waals surface area (Å²) in [6.45, 7) is 22.2. The molecule has 0 aliphatic heterocycles. The predicted octanol–water partition coefficient (Wildman–Crippen LogP) is 12.6. The average Bonchev–Trinajstić information content (AvgIpc) is 3.77. The summed E-state index contributed by atoms with van der Waals surface area (Å²) in [6, 6.07) is 35.3. The number of imidazole rings is 1. The van der Waals surface area contributed by atoms with Gasteiger partial charge in [0.25, 0.3) is 0 Å². The monoisotopic (exact) mass is 964 g/mol. The molecule has 2 aliphatic rings. The van der Waals surface area contributed by atoms with Crippen LogP contribution in [0.25, 0.3) is 44.4 Å². The van der Waals surface area contributed by atoms with Gasteiger partial charge in [-0.2, -0.15) is 17.7 Å². The van der Waals surface area contributed by atoms with Crippen molar-refractivity contribution in [3.05, 3.63) is 132 Å². The van der Waals surface area contributed by atoms with E-state index in [1.54, 1.807) is 0 Å². The normalized spacial score (nSPS) is 18.6. The van der Waals surface area contributed by atoms with Crippen molar-refractivity contribution >= 4 is 21.8 Å². The molecule has 7 aromatic rings. The van der Waals surface area contributed by atoms with Gasteiger partial charge >= 0.3 is 0 Å². The third-order valence-electron chi connectivity index (χ3n) is 13.4. The van der Waals surface area contributed by atoms with E-state index in [-0.39, 0.29) is 48.1 Å². The maximum atomic E-state index is 8.64. The molecule has 0 unspecified atom stereocenters. The Morgan fingerprint density at radius 3 is 2.19 bits per heavy atom. The molecular formula is C53H58N4OPt-2. The molecule has 0 saturated heterocycles. The molecule has 3 heterocycles. The van der Waals surface area contributed by atoms with Crippen molar-refractivity contribution in [2.75, 3.05) is 0 Å². The van der Waals surface area contributed by atoms with Gasteiger partial charge in [0, 0.05) is 55.7 Å². The summed E-state index contributed by atoms with van der Waals surface area (Å²) in [6.07, 6.45) is 9.05. The summed E-state index contributed by atoms with van der Waals surface area (Å²) in [4.78, 5) is 4.95. The first kappa shape index (κ1) is 37.5. The number of benzene rings is 4.